The van der Waals surface area contributed by atoms with Gasteiger partial charge >= 0.3 is 12.4 Å². The SMILES string of the molecule is O=C(COc1cc(C(F)(F)F)cc(C(F)(F)F)c1)N1CCN(c2ccccc2F)CC1. The van der Waals surface area contributed by atoms with Gasteiger partial charge in [-0.2, -0.15) is 26.3 Å². The highest BCUT2D eigenvalue weighted by Crippen LogP contribution is 2.38. The van der Waals surface area contributed by atoms with Gasteiger partial charge in [0.15, 0.2) is 6.61 Å². The topological polar surface area (TPSA) is 32.8 Å². The van der Waals surface area contributed by atoms with E-state index in [1.54, 1.807) is 23.1 Å². The van der Waals surface area contributed by atoms with E-state index in [-0.39, 0.29) is 19.2 Å². The zero-order chi connectivity index (χ0) is 22.8. The Morgan fingerprint density at radius 1 is 0.871 bits per heavy atom. The molecule has 1 heterocycles. The number of ether oxygens (including phenoxy) is 1. The second-order valence-corrected chi connectivity index (χ2v) is 6.85. The van der Waals surface area contributed by atoms with Crippen LogP contribution in [0.25, 0.3) is 0 Å². The number of carbonyl (C=O) groups is 1. The average Bonchev–Trinajstić information content (AvgIpc) is 2.71. The number of alkyl halides is 6. The molecule has 0 aliphatic carbocycles. The molecule has 31 heavy (non-hydrogen) atoms. The third-order valence-corrected chi connectivity index (χ3v) is 4.75. The number of para-hydroxylation sites is 1. The van der Waals surface area contributed by atoms with Crippen molar-refractivity contribution in [1.29, 1.82) is 0 Å². The molecule has 0 bridgehead atoms. The van der Waals surface area contributed by atoms with Crippen LogP contribution in [0, 0.1) is 5.82 Å². The predicted molar refractivity (Wildman–Crippen MR) is 97.1 cm³/mol. The molecular formula is C20H17F7N2O2. The summed E-state index contributed by atoms with van der Waals surface area (Å²) < 4.78 is 96.2. The maximum Gasteiger partial charge on any atom is 0.416 e. The Labute approximate surface area is 172 Å². The van der Waals surface area contributed by atoms with Crippen molar-refractivity contribution < 1.29 is 40.3 Å². The van der Waals surface area contributed by atoms with Gasteiger partial charge in [0.1, 0.15) is 11.6 Å². The fourth-order valence-corrected chi connectivity index (χ4v) is 3.15. The molecule has 2 aromatic carbocycles. The molecule has 0 saturated carbocycles. The van der Waals surface area contributed by atoms with Crippen molar-refractivity contribution in [3.63, 3.8) is 0 Å². The first kappa shape index (κ1) is 22.7. The molecule has 0 aromatic heterocycles. The maximum atomic E-state index is 13.9. The third-order valence-electron chi connectivity index (χ3n) is 4.75. The Bertz CT molecular complexity index is 904. The fourth-order valence-electron chi connectivity index (χ4n) is 3.15. The Hall–Kier alpha value is -2.98. The average molecular weight is 450 g/mol. The summed E-state index contributed by atoms with van der Waals surface area (Å²) in [5.41, 5.74) is -2.67. The normalized spacial score (nSPS) is 15.2. The van der Waals surface area contributed by atoms with Gasteiger partial charge in [-0.15, -0.1) is 0 Å². The van der Waals surface area contributed by atoms with Gasteiger partial charge < -0.3 is 14.5 Å². The lowest BCUT2D eigenvalue weighted by atomic mass is 10.1. The third kappa shape index (κ3) is 5.59. The summed E-state index contributed by atoms with van der Waals surface area (Å²) in [7, 11) is 0. The Morgan fingerprint density at radius 2 is 1.42 bits per heavy atom. The molecule has 0 radical (unpaired) electrons. The molecular weight excluding hydrogens is 433 g/mol. The lowest BCUT2D eigenvalue weighted by molar-refractivity contribution is -0.143. The van der Waals surface area contributed by atoms with Crippen LogP contribution < -0.4 is 9.64 Å². The summed E-state index contributed by atoms with van der Waals surface area (Å²) in [5, 5.41) is 0. The second kappa shape index (κ2) is 8.64. The van der Waals surface area contributed by atoms with Crippen LogP contribution in [-0.2, 0) is 17.1 Å². The highest BCUT2D eigenvalue weighted by atomic mass is 19.4. The minimum Gasteiger partial charge on any atom is -0.484 e. The molecule has 1 fully saturated rings. The monoisotopic (exact) mass is 450 g/mol. The van der Waals surface area contributed by atoms with E-state index in [1.165, 1.54) is 11.0 Å². The minimum atomic E-state index is -5.01. The van der Waals surface area contributed by atoms with E-state index in [4.69, 9.17) is 4.74 Å². The summed E-state index contributed by atoms with van der Waals surface area (Å²) in [5.74, 6) is -1.71. The number of hydrogen-bond acceptors (Lipinski definition) is 3. The Morgan fingerprint density at radius 3 is 1.94 bits per heavy atom. The van der Waals surface area contributed by atoms with Crippen molar-refractivity contribution in [2.24, 2.45) is 0 Å². The zero-order valence-electron chi connectivity index (χ0n) is 15.9. The van der Waals surface area contributed by atoms with Gasteiger partial charge in [-0.05, 0) is 30.3 Å². The summed E-state index contributed by atoms with van der Waals surface area (Å²) in [6, 6.07) is 6.95. The smallest absolute Gasteiger partial charge is 0.416 e. The number of rotatable bonds is 4. The van der Waals surface area contributed by atoms with Crippen molar-refractivity contribution in [1.82, 2.24) is 4.90 Å². The van der Waals surface area contributed by atoms with E-state index in [2.05, 4.69) is 0 Å². The fraction of sp³-hybridized carbons (Fsp3) is 0.350. The van der Waals surface area contributed by atoms with E-state index < -0.39 is 47.6 Å². The summed E-state index contributed by atoms with van der Waals surface area (Å²) in [4.78, 5) is 15.4. The molecule has 0 N–H and O–H groups in total. The van der Waals surface area contributed by atoms with Crippen molar-refractivity contribution in [3.8, 4) is 5.75 Å². The van der Waals surface area contributed by atoms with Gasteiger partial charge in [0, 0.05) is 26.2 Å². The number of hydrogen-bond donors (Lipinski definition) is 0. The second-order valence-electron chi connectivity index (χ2n) is 6.85. The summed E-state index contributed by atoms with van der Waals surface area (Å²) >= 11 is 0. The van der Waals surface area contributed by atoms with E-state index in [9.17, 15) is 35.5 Å². The number of nitrogens with zero attached hydrogens (tertiary/aromatic N) is 2. The maximum absolute atomic E-state index is 13.9. The number of piperazine rings is 1. The van der Waals surface area contributed by atoms with Gasteiger partial charge in [0.25, 0.3) is 5.91 Å². The molecule has 1 aliphatic rings. The van der Waals surface area contributed by atoms with Crippen LogP contribution >= 0.6 is 0 Å². The summed E-state index contributed by atoms with van der Waals surface area (Å²) in [6.07, 6.45) is -10.0. The molecule has 0 spiro atoms. The number of halogens is 7. The van der Waals surface area contributed by atoms with Gasteiger partial charge in [-0.1, -0.05) is 12.1 Å². The number of amides is 1. The first-order valence-corrected chi connectivity index (χ1v) is 9.14. The van der Waals surface area contributed by atoms with Crippen LogP contribution in [0.15, 0.2) is 42.5 Å². The number of anilines is 1. The van der Waals surface area contributed by atoms with Gasteiger partial charge in [0.2, 0.25) is 0 Å². The molecule has 1 saturated heterocycles. The number of benzene rings is 2. The highest BCUT2D eigenvalue weighted by Gasteiger charge is 2.37. The van der Waals surface area contributed by atoms with Crippen LogP contribution in [0.3, 0.4) is 0 Å². The molecule has 2 aromatic rings. The van der Waals surface area contributed by atoms with Crippen LogP contribution in [0.1, 0.15) is 11.1 Å². The predicted octanol–water partition coefficient (Wildman–Crippen LogP) is 4.59. The van der Waals surface area contributed by atoms with Crippen LogP contribution in [0.4, 0.5) is 36.4 Å². The van der Waals surface area contributed by atoms with Gasteiger partial charge in [-0.3, -0.25) is 4.79 Å². The van der Waals surface area contributed by atoms with Crippen LogP contribution in [0.2, 0.25) is 0 Å². The standard InChI is InChI=1S/C20H17F7N2O2/c21-16-3-1-2-4-17(16)28-5-7-29(8-6-28)18(30)12-31-15-10-13(19(22,23)24)9-14(11-15)20(25,26)27/h1-4,9-11H,5-8,12H2. The highest BCUT2D eigenvalue weighted by molar-refractivity contribution is 5.78. The Kier molecular flexibility index (Phi) is 6.33. The first-order chi connectivity index (χ1) is 14.4. The zero-order valence-corrected chi connectivity index (χ0v) is 15.9. The molecule has 0 atom stereocenters. The molecule has 0 unspecified atom stereocenters. The Balaban J connectivity index is 1.63. The largest absolute Gasteiger partial charge is 0.484 e. The first-order valence-electron chi connectivity index (χ1n) is 9.14. The minimum absolute atomic E-state index is 0.0172. The molecule has 1 aliphatic heterocycles. The molecule has 1 amide bonds. The van der Waals surface area contributed by atoms with E-state index in [0.717, 1.165) is 0 Å². The van der Waals surface area contributed by atoms with Crippen molar-refractivity contribution in [3.05, 3.63) is 59.4 Å². The van der Waals surface area contributed by atoms with Gasteiger partial charge in [0.05, 0.1) is 16.8 Å². The molecule has 3 rings (SSSR count). The van der Waals surface area contributed by atoms with Crippen LogP contribution in [-0.4, -0.2) is 43.6 Å². The van der Waals surface area contributed by atoms with E-state index >= 15 is 0 Å². The summed E-state index contributed by atoms with van der Waals surface area (Å²) in [6.45, 7) is 0.307. The lowest BCUT2D eigenvalue weighted by Crippen LogP contribution is -2.50. The quantitative estimate of drug-likeness (QED) is 0.639. The van der Waals surface area contributed by atoms with Crippen molar-refractivity contribution in [2.75, 3.05) is 37.7 Å². The number of carbonyl (C=O) groups excluding carboxylic acids is 1. The van der Waals surface area contributed by atoms with E-state index in [1.807, 2.05) is 0 Å². The molecule has 11 heteroatoms. The van der Waals surface area contributed by atoms with Gasteiger partial charge in [-0.25, -0.2) is 4.39 Å². The molecule has 168 valence electrons. The lowest BCUT2D eigenvalue weighted by Gasteiger charge is -2.36. The van der Waals surface area contributed by atoms with Crippen molar-refractivity contribution in [2.45, 2.75) is 12.4 Å². The molecule has 4 nitrogen and oxygen atoms in total. The van der Waals surface area contributed by atoms with Crippen LogP contribution in [0.5, 0.6) is 5.75 Å². The van der Waals surface area contributed by atoms with Crippen molar-refractivity contribution >= 4 is 11.6 Å². The van der Waals surface area contributed by atoms with E-state index in [0.29, 0.717) is 30.9 Å².